The average Bonchev–Trinajstić information content (AvgIpc) is 2.87. The summed E-state index contributed by atoms with van der Waals surface area (Å²) in [5.74, 6) is 0.295. The molecule has 0 aliphatic carbocycles. The van der Waals surface area contributed by atoms with Gasteiger partial charge in [-0.1, -0.05) is 37.3 Å². The molecule has 0 spiro atoms. The molecule has 5 nitrogen and oxygen atoms in total. The number of nitrogens with zero attached hydrogens (tertiary/aromatic N) is 1. The Morgan fingerprint density at radius 1 is 1.42 bits per heavy atom. The zero-order valence-electron chi connectivity index (χ0n) is 10.9. The summed E-state index contributed by atoms with van der Waals surface area (Å²) < 4.78 is 0. The van der Waals surface area contributed by atoms with Gasteiger partial charge >= 0.3 is 0 Å². The highest BCUT2D eigenvalue weighted by Crippen LogP contribution is 2.07. The Kier molecular flexibility index (Phi) is 4.30. The van der Waals surface area contributed by atoms with Crippen LogP contribution >= 0.6 is 0 Å². The van der Waals surface area contributed by atoms with Gasteiger partial charge in [-0.3, -0.25) is 9.89 Å². The number of carbonyl (C=O) groups is 1. The first kappa shape index (κ1) is 13.3. The van der Waals surface area contributed by atoms with Crippen LogP contribution in [0.2, 0.25) is 0 Å². The van der Waals surface area contributed by atoms with Crippen molar-refractivity contribution in [2.24, 2.45) is 5.73 Å². The zero-order valence-corrected chi connectivity index (χ0v) is 10.9. The number of aryl methyl sites for hydroxylation is 1. The summed E-state index contributed by atoms with van der Waals surface area (Å²) in [7, 11) is 0. The minimum absolute atomic E-state index is 0.224. The van der Waals surface area contributed by atoms with E-state index in [-0.39, 0.29) is 5.91 Å². The van der Waals surface area contributed by atoms with E-state index in [1.807, 2.05) is 43.3 Å². The van der Waals surface area contributed by atoms with Gasteiger partial charge in [0.1, 0.15) is 0 Å². The van der Waals surface area contributed by atoms with Gasteiger partial charge in [-0.05, 0) is 18.4 Å². The minimum atomic E-state index is -0.579. The maximum absolute atomic E-state index is 11.9. The van der Waals surface area contributed by atoms with Gasteiger partial charge in [-0.2, -0.15) is 5.10 Å². The van der Waals surface area contributed by atoms with E-state index in [2.05, 4.69) is 15.5 Å². The van der Waals surface area contributed by atoms with Crippen LogP contribution in [0.3, 0.4) is 0 Å². The number of rotatable bonds is 5. The first-order valence-corrected chi connectivity index (χ1v) is 6.33. The van der Waals surface area contributed by atoms with Crippen molar-refractivity contribution >= 4 is 11.7 Å². The molecular formula is C14H18N4O. The van der Waals surface area contributed by atoms with Crippen molar-refractivity contribution in [3.8, 4) is 0 Å². The summed E-state index contributed by atoms with van der Waals surface area (Å²) in [4.78, 5) is 11.9. The molecule has 0 saturated heterocycles. The molecule has 4 N–H and O–H groups in total. The summed E-state index contributed by atoms with van der Waals surface area (Å²) in [6, 6.07) is 10.9. The first-order valence-electron chi connectivity index (χ1n) is 6.33. The second-order valence-electron chi connectivity index (χ2n) is 4.42. The monoisotopic (exact) mass is 258 g/mol. The fourth-order valence-electron chi connectivity index (χ4n) is 1.79. The summed E-state index contributed by atoms with van der Waals surface area (Å²) in [6.07, 6.45) is 1.36. The Hall–Kier alpha value is -2.14. The maximum Gasteiger partial charge on any atom is 0.242 e. The smallest absolute Gasteiger partial charge is 0.242 e. The molecule has 1 amide bonds. The summed E-state index contributed by atoms with van der Waals surface area (Å²) in [6.45, 7) is 2.01. The van der Waals surface area contributed by atoms with Gasteiger partial charge in [0.25, 0.3) is 0 Å². The van der Waals surface area contributed by atoms with Crippen LogP contribution in [0.1, 0.15) is 18.2 Å². The number of amides is 1. The quantitative estimate of drug-likeness (QED) is 0.759. The Morgan fingerprint density at radius 3 is 2.79 bits per heavy atom. The summed E-state index contributed by atoms with van der Waals surface area (Å²) in [5, 5.41) is 9.56. The van der Waals surface area contributed by atoms with Crippen molar-refractivity contribution in [1.82, 2.24) is 10.2 Å². The largest absolute Gasteiger partial charge is 0.320 e. The lowest BCUT2D eigenvalue weighted by Crippen LogP contribution is -2.37. The molecule has 0 bridgehead atoms. The standard InChI is InChI=1S/C14H18N4O/c1-2-11-9-13(18-17-11)16-14(19)12(15)8-10-6-4-3-5-7-10/h3-7,9,12H,2,8,15H2,1H3,(H2,16,17,18,19)/t12-/m0/s1. The Balaban J connectivity index is 1.92. The second-order valence-corrected chi connectivity index (χ2v) is 4.42. The fraction of sp³-hybridized carbons (Fsp3) is 0.286. The van der Waals surface area contributed by atoms with Crippen LogP contribution < -0.4 is 11.1 Å². The number of benzene rings is 1. The van der Waals surface area contributed by atoms with Crippen molar-refractivity contribution in [2.75, 3.05) is 5.32 Å². The molecule has 1 heterocycles. The topological polar surface area (TPSA) is 83.8 Å². The molecule has 2 rings (SSSR count). The molecule has 2 aromatic rings. The molecule has 0 fully saturated rings. The third-order valence-corrected chi connectivity index (χ3v) is 2.90. The zero-order chi connectivity index (χ0) is 13.7. The number of carbonyl (C=O) groups excluding carboxylic acids is 1. The Morgan fingerprint density at radius 2 is 2.16 bits per heavy atom. The lowest BCUT2D eigenvalue weighted by atomic mass is 10.1. The molecule has 0 aliphatic rings. The van der Waals surface area contributed by atoms with Gasteiger partial charge in [-0.15, -0.1) is 0 Å². The lowest BCUT2D eigenvalue weighted by Gasteiger charge is -2.10. The molecule has 100 valence electrons. The lowest BCUT2D eigenvalue weighted by molar-refractivity contribution is -0.117. The van der Waals surface area contributed by atoms with Crippen LogP contribution in [0.4, 0.5) is 5.82 Å². The highest BCUT2D eigenvalue weighted by molar-refractivity contribution is 5.94. The molecular weight excluding hydrogens is 240 g/mol. The number of aromatic amines is 1. The average molecular weight is 258 g/mol. The van der Waals surface area contributed by atoms with Gasteiger partial charge in [0.05, 0.1) is 6.04 Å². The SMILES string of the molecule is CCc1cc(NC(=O)[C@@H](N)Cc2ccccc2)n[nH]1. The van der Waals surface area contributed by atoms with Crippen LogP contribution in [0, 0.1) is 0 Å². The highest BCUT2D eigenvalue weighted by atomic mass is 16.2. The molecule has 1 aromatic heterocycles. The van der Waals surface area contributed by atoms with Crippen molar-refractivity contribution in [2.45, 2.75) is 25.8 Å². The van der Waals surface area contributed by atoms with E-state index in [9.17, 15) is 4.79 Å². The van der Waals surface area contributed by atoms with E-state index in [1.54, 1.807) is 0 Å². The third-order valence-electron chi connectivity index (χ3n) is 2.90. The van der Waals surface area contributed by atoms with Crippen LogP contribution in [-0.2, 0) is 17.6 Å². The van der Waals surface area contributed by atoms with Gasteiger partial charge in [0.15, 0.2) is 5.82 Å². The van der Waals surface area contributed by atoms with Crippen molar-refractivity contribution < 1.29 is 4.79 Å². The van der Waals surface area contributed by atoms with Gasteiger partial charge in [-0.25, -0.2) is 0 Å². The number of anilines is 1. The number of hydrogen-bond acceptors (Lipinski definition) is 3. The normalized spacial score (nSPS) is 12.1. The predicted molar refractivity (Wildman–Crippen MR) is 74.7 cm³/mol. The van der Waals surface area contributed by atoms with E-state index in [0.717, 1.165) is 17.7 Å². The summed E-state index contributed by atoms with van der Waals surface area (Å²) in [5.41, 5.74) is 7.91. The maximum atomic E-state index is 11.9. The number of hydrogen-bond donors (Lipinski definition) is 3. The van der Waals surface area contributed by atoms with Crippen LogP contribution in [-0.4, -0.2) is 22.1 Å². The predicted octanol–water partition coefficient (Wildman–Crippen LogP) is 1.48. The Bertz CT molecular complexity index is 535. The number of aromatic nitrogens is 2. The number of H-pyrrole nitrogens is 1. The van der Waals surface area contributed by atoms with Crippen molar-refractivity contribution in [3.05, 3.63) is 47.7 Å². The third kappa shape index (κ3) is 3.66. The molecule has 0 aliphatic heterocycles. The highest BCUT2D eigenvalue weighted by Gasteiger charge is 2.15. The fourth-order valence-corrected chi connectivity index (χ4v) is 1.79. The summed E-state index contributed by atoms with van der Waals surface area (Å²) >= 11 is 0. The number of nitrogens with two attached hydrogens (primary N) is 1. The minimum Gasteiger partial charge on any atom is -0.320 e. The molecule has 19 heavy (non-hydrogen) atoms. The molecule has 0 radical (unpaired) electrons. The molecule has 0 unspecified atom stereocenters. The van der Waals surface area contributed by atoms with Crippen molar-refractivity contribution in [3.63, 3.8) is 0 Å². The van der Waals surface area contributed by atoms with Gasteiger partial charge in [0, 0.05) is 11.8 Å². The molecule has 1 aromatic carbocycles. The number of nitrogens with one attached hydrogen (secondary N) is 2. The van der Waals surface area contributed by atoms with E-state index in [0.29, 0.717) is 12.2 Å². The first-order chi connectivity index (χ1) is 9.19. The van der Waals surface area contributed by atoms with E-state index >= 15 is 0 Å². The van der Waals surface area contributed by atoms with E-state index < -0.39 is 6.04 Å². The molecule has 5 heteroatoms. The van der Waals surface area contributed by atoms with Gasteiger partial charge < -0.3 is 11.1 Å². The van der Waals surface area contributed by atoms with E-state index in [4.69, 9.17) is 5.73 Å². The van der Waals surface area contributed by atoms with Crippen LogP contribution in [0.25, 0.3) is 0 Å². The van der Waals surface area contributed by atoms with Crippen molar-refractivity contribution in [1.29, 1.82) is 0 Å². The van der Waals surface area contributed by atoms with Crippen LogP contribution in [0.5, 0.6) is 0 Å². The Labute approximate surface area is 112 Å². The molecule has 0 saturated carbocycles. The second kappa shape index (κ2) is 6.15. The molecule has 1 atom stereocenters. The van der Waals surface area contributed by atoms with Gasteiger partial charge in [0.2, 0.25) is 5.91 Å². The van der Waals surface area contributed by atoms with Crippen LogP contribution in [0.15, 0.2) is 36.4 Å². The van der Waals surface area contributed by atoms with E-state index in [1.165, 1.54) is 0 Å².